The Morgan fingerprint density at radius 3 is 2.14 bits per heavy atom. The molecule has 3 aromatic carbocycles. The maximum atomic E-state index is 13.6. The number of para-hydroxylation sites is 1. The van der Waals surface area contributed by atoms with Crippen molar-refractivity contribution in [1.82, 2.24) is 20.0 Å². The molecule has 1 aromatic heterocycles. The number of halogens is 2. The Kier molecular flexibility index (Phi) is 9.73. The van der Waals surface area contributed by atoms with Crippen LogP contribution in [0.25, 0.3) is 17.5 Å². The molecule has 1 saturated heterocycles. The largest absolute Gasteiger partial charge is 0.415 e. The number of benzene rings is 3. The van der Waals surface area contributed by atoms with Crippen molar-refractivity contribution in [2.75, 3.05) is 49.3 Å². The summed E-state index contributed by atoms with van der Waals surface area (Å²) in [4.78, 5) is 4.57. The number of hydrogen-bond donors (Lipinski definition) is 0. The molecule has 11 heteroatoms. The van der Waals surface area contributed by atoms with Gasteiger partial charge < -0.3 is 4.42 Å². The molecule has 2 heterocycles. The molecular weight excluding hydrogens is 560 g/mol. The molecule has 8 nitrogen and oxygen atoms in total. The van der Waals surface area contributed by atoms with E-state index < -0.39 is 22.3 Å². The Morgan fingerprint density at radius 1 is 0.857 bits per heavy atom. The highest BCUT2D eigenvalue weighted by atomic mass is 32.2. The van der Waals surface area contributed by atoms with E-state index in [9.17, 15) is 17.2 Å². The number of anilines is 1. The summed E-state index contributed by atoms with van der Waals surface area (Å²) >= 11 is 0. The Labute approximate surface area is 244 Å². The van der Waals surface area contributed by atoms with Crippen LogP contribution in [-0.2, 0) is 16.6 Å². The molecule has 42 heavy (non-hydrogen) atoms. The number of rotatable bonds is 12. The monoisotopic (exact) mass is 593 g/mol. The third-order valence-electron chi connectivity index (χ3n) is 7.14. The van der Waals surface area contributed by atoms with Crippen molar-refractivity contribution in [2.24, 2.45) is 0 Å². The number of piperazine rings is 1. The minimum absolute atomic E-state index is 0.00766. The predicted molar refractivity (Wildman–Crippen MR) is 159 cm³/mol. The van der Waals surface area contributed by atoms with Crippen molar-refractivity contribution in [2.45, 2.75) is 13.0 Å². The Bertz CT molecular complexity index is 1540. The van der Waals surface area contributed by atoms with Gasteiger partial charge in [-0.3, -0.25) is 14.1 Å². The minimum Gasteiger partial charge on any atom is -0.415 e. The highest BCUT2D eigenvalue weighted by molar-refractivity contribution is 7.92. The molecule has 0 spiro atoms. The van der Waals surface area contributed by atoms with Crippen molar-refractivity contribution < 1.29 is 21.6 Å². The zero-order chi connectivity index (χ0) is 29.4. The molecule has 0 N–H and O–H groups in total. The molecule has 1 fully saturated rings. The van der Waals surface area contributed by atoms with Crippen LogP contribution in [0, 0.1) is 0 Å². The number of hydrogen-bond acceptors (Lipinski definition) is 7. The molecule has 0 radical (unpaired) electrons. The minimum atomic E-state index is -3.66. The van der Waals surface area contributed by atoms with E-state index in [0.717, 1.165) is 38.3 Å². The molecule has 4 aromatic rings. The fourth-order valence-corrected chi connectivity index (χ4v) is 6.25. The van der Waals surface area contributed by atoms with Gasteiger partial charge in [0.1, 0.15) is 0 Å². The van der Waals surface area contributed by atoms with Crippen molar-refractivity contribution in [3.63, 3.8) is 0 Å². The van der Waals surface area contributed by atoms with Crippen LogP contribution in [0.4, 0.5) is 14.5 Å². The lowest BCUT2D eigenvalue weighted by Gasteiger charge is -2.34. The second-order valence-electron chi connectivity index (χ2n) is 10.1. The highest BCUT2D eigenvalue weighted by Gasteiger charge is 2.25. The summed E-state index contributed by atoms with van der Waals surface area (Å²) in [5, 5.41) is 7.03. The molecule has 220 valence electrons. The van der Waals surface area contributed by atoms with E-state index in [-0.39, 0.29) is 18.2 Å². The zero-order valence-corrected chi connectivity index (χ0v) is 23.9. The van der Waals surface area contributed by atoms with Gasteiger partial charge in [-0.05, 0) is 35.4 Å². The topological polar surface area (TPSA) is 82.8 Å². The zero-order valence-electron chi connectivity index (χ0n) is 23.1. The fourth-order valence-electron chi connectivity index (χ4n) is 4.75. The van der Waals surface area contributed by atoms with Gasteiger partial charge in [-0.1, -0.05) is 72.8 Å². The third-order valence-corrected chi connectivity index (χ3v) is 8.85. The number of sulfonamides is 1. The molecule has 0 saturated carbocycles. The van der Waals surface area contributed by atoms with E-state index in [1.54, 1.807) is 36.4 Å². The van der Waals surface area contributed by atoms with Crippen molar-refractivity contribution in [1.29, 1.82) is 0 Å². The average Bonchev–Trinajstić information content (AvgIpc) is 3.52. The van der Waals surface area contributed by atoms with Gasteiger partial charge in [0.05, 0.1) is 18.0 Å². The van der Waals surface area contributed by atoms with Crippen LogP contribution < -0.4 is 4.31 Å². The quantitative estimate of drug-likeness (QED) is 0.219. The predicted octanol–water partition coefficient (Wildman–Crippen LogP) is 5.34. The van der Waals surface area contributed by atoms with Crippen LogP contribution in [0.1, 0.15) is 23.4 Å². The van der Waals surface area contributed by atoms with Crippen LogP contribution in [0.3, 0.4) is 0 Å². The first-order valence-corrected chi connectivity index (χ1v) is 15.4. The molecule has 0 amide bonds. The van der Waals surface area contributed by atoms with Crippen LogP contribution in [0.2, 0.25) is 0 Å². The summed E-state index contributed by atoms with van der Waals surface area (Å²) in [6.45, 7) is 4.82. The van der Waals surface area contributed by atoms with E-state index in [4.69, 9.17) is 4.42 Å². The van der Waals surface area contributed by atoms with Crippen LogP contribution in [0.15, 0.2) is 95.4 Å². The third kappa shape index (κ3) is 7.87. The Morgan fingerprint density at radius 2 is 1.50 bits per heavy atom. The maximum Gasteiger partial charge on any atom is 0.314 e. The molecule has 0 atom stereocenters. The molecule has 1 aliphatic heterocycles. The Hall–Kier alpha value is -3.93. The van der Waals surface area contributed by atoms with E-state index in [2.05, 4.69) is 44.3 Å². The molecule has 0 bridgehead atoms. The van der Waals surface area contributed by atoms with E-state index >= 15 is 0 Å². The van der Waals surface area contributed by atoms with E-state index in [0.29, 0.717) is 17.8 Å². The van der Waals surface area contributed by atoms with Gasteiger partial charge in [0, 0.05) is 44.8 Å². The second kappa shape index (κ2) is 13.8. The second-order valence-corrected chi connectivity index (χ2v) is 12.1. The summed E-state index contributed by atoms with van der Waals surface area (Å²) in [5.74, 6) is -0.764. The van der Waals surface area contributed by atoms with Crippen LogP contribution >= 0.6 is 0 Å². The van der Waals surface area contributed by atoms with Crippen molar-refractivity contribution in [3.05, 3.63) is 108 Å². The number of aromatic nitrogens is 2. The molecule has 1 aliphatic rings. The first-order valence-electron chi connectivity index (χ1n) is 13.8. The smallest absolute Gasteiger partial charge is 0.314 e. The summed E-state index contributed by atoms with van der Waals surface area (Å²) in [6.07, 6.45) is 1.45. The van der Waals surface area contributed by atoms with Crippen LogP contribution in [-0.4, -0.2) is 73.4 Å². The Balaban J connectivity index is 1.18. The van der Waals surface area contributed by atoms with Gasteiger partial charge >= 0.3 is 6.43 Å². The molecule has 0 aliphatic carbocycles. The first-order chi connectivity index (χ1) is 20.4. The van der Waals surface area contributed by atoms with Gasteiger partial charge in [0.25, 0.3) is 5.89 Å². The van der Waals surface area contributed by atoms with Gasteiger partial charge in [-0.2, -0.15) is 8.78 Å². The summed E-state index contributed by atoms with van der Waals surface area (Å²) < 4.78 is 59.4. The average molecular weight is 594 g/mol. The lowest BCUT2D eigenvalue weighted by molar-refractivity contribution is 0.116. The first kappa shape index (κ1) is 29.6. The summed E-state index contributed by atoms with van der Waals surface area (Å²) in [5.41, 5.74) is 2.96. The normalized spacial score (nSPS) is 15.0. The van der Waals surface area contributed by atoms with Crippen molar-refractivity contribution in [3.8, 4) is 11.5 Å². The van der Waals surface area contributed by atoms with Gasteiger partial charge in [0.2, 0.25) is 15.9 Å². The summed E-state index contributed by atoms with van der Waals surface area (Å²) in [7, 11) is -3.66. The van der Waals surface area contributed by atoms with Gasteiger partial charge in [-0.25, -0.2) is 8.42 Å². The summed E-state index contributed by atoms with van der Waals surface area (Å²) in [6, 6.07) is 26.0. The fraction of sp³-hybridized carbons (Fsp3) is 0.290. The highest BCUT2D eigenvalue weighted by Crippen LogP contribution is 2.25. The van der Waals surface area contributed by atoms with E-state index in [1.807, 2.05) is 36.4 Å². The van der Waals surface area contributed by atoms with Crippen LogP contribution in [0.5, 0.6) is 0 Å². The number of alkyl halides is 2. The van der Waals surface area contributed by atoms with Gasteiger partial charge in [0.15, 0.2) is 0 Å². The number of nitrogens with zero attached hydrogens (tertiary/aromatic N) is 5. The lowest BCUT2D eigenvalue weighted by atomic mass is 10.1. The maximum absolute atomic E-state index is 13.6. The molecule has 0 unspecified atom stereocenters. The molecule has 5 rings (SSSR count). The van der Waals surface area contributed by atoms with Gasteiger partial charge in [-0.15, -0.1) is 10.2 Å². The standard InChI is InChI=1S/C31H33F2N5O3S/c32-29(33)31-35-34-30(41-31)27-15-13-26(14-16-27)24-38(28-11-5-2-6-12-28)42(39,40)23-22-37-20-18-36(19-21-37)17-7-10-25-8-3-1-4-9-25/h1-16,29H,17-24H2/b10-7+. The molecular formula is C31H33F2N5O3S. The SMILES string of the molecule is O=S(=O)(CCN1CCN(C/C=C/c2ccccc2)CC1)N(Cc1ccc(-c2nnc(C(F)F)o2)cc1)c1ccccc1. The van der Waals surface area contributed by atoms with E-state index in [1.165, 1.54) is 9.87 Å². The lowest BCUT2D eigenvalue weighted by Crippen LogP contribution is -2.48. The van der Waals surface area contributed by atoms with Crippen molar-refractivity contribution >= 4 is 21.8 Å².